The van der Waals surface area contributed by atoms with Crippen LogP contribution in [0, 0.1) is 0 Å². The number of carboxylic acids is 1. The Balaban J connectivity index is 1.55. The van der Waals surface area contributed by atoms with Crippen molar-refractivity contribution in [3.8, 4) is 0 Å². The number of carboxylic acid groups (broad SMARTS) is 1. The molecule has 1 aromatic carbocycles. The molecule has 132 valence electrons. The number of thiazole rings is 1. The normalized spacial score (nSPS) is 16.6. The predicted molar refractivity (Wildman–Crippen MR) is 93.5 cm³/mol. The standard InChI is InChI=1S/C18H20N2O4S/c21-16(20-8-6-18(24,7-9-20)17(22)23)11-14-12-25-15(19-14)10-13-4-2-1-3-5-13/h1-5,12,24H,6-11H2,(H,22,23). The average molecular weight is 360 g/mol. The third-order valence-electron chi connectivity index (χ3n) is 4.47. The molecule has 1 amide bonds. The van der Waals surface area contributed by atoms with E-state index in [1.54, 1.807) is 4.90 Å². The average Bonchev–Trinajstić information content (AvgIpc) is 3.03. The van der Waals surface area contributed by atoms with Gasteiger partial charge in [0.1, 0.15) is 0 Å². The molecule has 0 saturated carbocycles. The molecule has 25 heavy (non-hydrogen) atoms. The molecule has 1 fully saturated rings. The molecule has 0 spiro atoms. The maximum absolute atomic E-state index is 12.4. The molecule has 1 saturated heterocycles. The van der Waals surface area contributed by atoms with Gasteiger partial charge in [-0.25, -0.2) is 9.78 Å². The molecule has 1 aliphatic heterocycles. The van der Waals surface area contributed by atoms with Crippen LogP contribution in [0.15, 0.2) is 35.7 Å². The summed E-state index contributed by atoms with van der Waals surface area (Å²) in [5, 5.41) is 21.8. The van der Waals surface area contributed by atoms with E-state index in [-0.39, 0.29) is 38.3 Å². The van der Waals surface area contributed by atoms with Crippen LogP contribution in [-0.4, -0.2) is 50.7 Å². The Morgan fingerprint density at radius 1 is 1.20 bits per heavy atom. The number of aromatic nitrogens is 1. The number of piperidine rings is 1. The number of aliphatic carboxylic acids is 1. The number of rotatable bonds is 5. The van der Waals surface area contributed by atoms with Crippen molar-refractivity contribution >= 4 is 23.2 Å². The molecule has 0 atom stereocenters. The van der Waals surface area contributed by atoms with E-state index < -0.39 is 11.6 Å². The van der Waals surface area contributed by atoms with Crippen molar-refractivity contribution < 1.29 is 19.8 Å². The molecule has 1 aliphatic rings. The molecule has 0 aliphatic carbocycles. The number of likely N-dealkylation sites (tertiary alicyclic amines) is 1. The van der Waals surface area contributed by atoms with Gasteiger partial charge in [-0.3, -0.25) is 4.79 Å². The molecule has 7 heteroatoms. The highest BCUT2D eigenvalue weighted by Crippen LogP contribution is 2.23. The second-order valence-electron chi connectivity index (χ2n) is 6.29. The number of carbonyl (C=O) groups is 2. The molecule has 0 radical (unpaired) electrons. The largest absolute Gasteiger partial charge is 0.479 e. The molecule has 1 aromatic heterocycles. The fraction of sp³-hybridized carbons (Fsp3) is 0.389. The first-order valence-corrected chi connectivity index (χ1v) is 9.05. The van der Waals surface area contributed by atoms with E-state index in [0.717, 1.165) is 17.1 Å². The highest BCUT2D eigenvalue weighted by molar-refractivity contribution is 7.09. The SMILES string of the molecule is O=C(Cc1csc(Cc2ccccc2)n1)N1CCC(O)(C(=O)O)CC1. The summed E-state index contributed by atoms with van der Waals surface area (Å²) in [4.78, 5) is 29.5. The van der Waals surface area contributed by atoms with Crippen LogP contribution in [0.4, 0.5) is 0 Å². The Labute approximate surface area is 149 Å². The lowest BCUT2D eigenvalue weighted by Crippen LogP contribution is -2.51. The lowest BCUT2D eigenvalue weighted by molar-refractivity contribution is -0.165. The lowest BCUT2D eigenvalue weighted by Gasteiger charge is -2.35. The topological polar surface area (TPSA) is 90.7 Å². The number of hydrogen-bond donors (Lipinski definition) is 2. The van der Waals surface area contributed by atoms with E-state index in [2.05, 4.69) is 4.98 Å². The minimum Gasteiger partial charge on any atom is -0.479 e. The van der Waals surface area contributed by atoms with Crippen molar-refractivity contribution in [3.05, 3.63) is 52.0 Å². The smallest absolute Gasteiger partial charge is 0.335 e. The van der Waals surface area contributed by atoms with Gasteiger partial charge in [0.15, 0.2) is 5.60 Å². The van der Waals surface area contributed by atoms with Crippen LogP contribution in [0.5, 0.6) is 0 Å². The zero-order valence-electron chi connectivity index (χ0n) is 13.7. The third kappa shape index (κ3) is 4.24. The van der Waals surface area contributed by atoms with Gasteiger partial charge in [0, 0.05) is 37.7 Å². The van der Waals surface area contributed by atoms with E-state index in [9.17, 15) is 14.7 Å². The molecule has 6 nitrogen and oxygen atoms in total. The Morgan fingerprint density at radius 3 is 2.52 bits per heavy atom. The van der Waals surface area contributed by atoms with Crippen LogP contribution in [-0.2, 0) is 22.4 Å². The van der Waals surface area contributed by atoms with E-state index in [4.69, 9.17) is 5.11 Å². The van der Waals surface area contributed by atoms with E-state index in [0.29, 0.717) is 0 Å². The van der Waals surface area contributed by atoms with Crippen molar-refractivity contribution in [3.63, 3.8) is 0 Å². The van der Waals surface area contributed by atoms with Crippen LogP contribution >= 0.6 is 11.3 Å². The van der Waals surface area contributed by atoms with Crippen molar-refractivity contribution in [1.82, 2.24) is 9.88 Å². The fourth-order valence-electron chi connectivity index (χ4n) is 2.89. The quantitative estimate of drug-likeness (QED) is 0.847. The monoisotopic (exact) mass is 360 g/mol. The Morgan fingerprint density at radius 2 is 1.88 bits per heavy atom. The first-order chi connectivity index (χ1) is 12.0. The van der Waals surface area contributed by atoms with Gasteiger partial charge in [-0.05, 0) is 5.56 Å². The van der Waals surface area contributed by atoms with Crippen LogP contribution in [0.1, 0.15) is 29.1 Å². The van der Waals surface area contributed by atoms with Crippen LogP contribution in [0.3, 0.4) is 0 Å². The zero-order chi connectivity index (χ0) is 17.9. The van der Waals surface area contributed by atoms with Gasteiger partial charge in [0.25, 0.3) is 0 Å². The van der Waals surface area contributed by atoms with Crippen molar-refractivity contribution in [2.24, 2.45) is 0 Å². The summed E-state index contributed by atoms with van der Waals surface area (Å²) in [6.45, 7) is 0.505. The van der Waals surface area contributed by atoms with Crippen LogP contribution in [0.25, 0.3) is 0 Å². The maximum atomic E-state index is 12.4. The number of amides is 1. The highest BCUT2D eigenvalue weighted by Gasteiger charge is 2.40. The number of hydrogen-bond acceptors (Lipinski definition) is 5. The summed E-state index contributed by atoms with van der Waals surface area (Å²) in [5.41, 5.74) is 0.207. The summed E-state index contributed by atoms with van der Waals surface area (Å²) in [6, 6.07) is 10.0. The van der Waals surface area contributed by atoms with Crippen molar-refractivity contribution in [1.29, 1.82) is 0 Å². The van der Waals surface area contributed by atoms with Gasteiger partial charge in [-0.15, -0.1) is 11.3 Å². The lowest BCUT2D eigenvalue weighted by atomic mass is 9.91. The maximum Gasteiger partial charge on any atom is 0.335 e. The first kappa shape index (κ1) is 17.6. The van der Waals surface area contributed by atoms with Crippen LogP contribution < -0.4 is 0 Å². The Hall–Kier alpha value is -2.25. The van der Waals surface area contributed by atoms with Gasteiger partial charge in [-0.1, -0.05) is 30.3 Å². The van der Waals surface area contributed by atoms with Crippen molar-refractivity contribution in [2.45, 2.75) is 31.3 Å². The minimum absolute atomic E-state index is 0.0599. The van der Waals surface area contributed by atoms with Gasteiger partial charge >= 0.3 is 5.97 Å². The molecular weight excluding hydrogens is 340 g/mol. The van der Waals surface area contributed by atoms with E-state index >= 15 is 0 Å². The predicted octanol–water partition coefficient (Wildman–Crippen LogP) is 1.71. The third-order valence-corrected chi connectivity index (χ3v) is 5.37. The molecule has 2 heterocycles. The van der Waals surface area contributed by atoms with Gasteiger partial charge in [0.05, 0.1) is 17.1 Å². The van der Waals surface area contributed by atoms with Crippen LogP contribution in [0.2, 0.25) is 0 Å². The molecule has 0 bridgehead atoms. The molecule has 0 unspecified atom stereocenters. The number of benzene rings is 1. The number of aliphatic hydroxyl groups is 1. The van der Waals surface area contributed by atoms with Gasteiger partial charge in [0.2, 0.25) is 5.91 Å². The zero-order valence-corrected chi connectivity index (χ0v) is 14.5. The van der Waals surface area contributed by atoms with E-state index in [1.807, 2.05) is 35.7 Å². The number of nitrogens with zero attached hydrogens (tertiary/aromatic N) is 2. The second kappa shape index (κ2) is 7.33. The summed E-state index contributed by atoms with van der Waals surface area (Å²) < 4.78 is 0. The summed E-state index contributed by atoms with van der Waals surface area (Å²) in [5.74, 6) is -1.30. The molecular formula is C18H20N2O4S. The number of carbonyl (C=O) groups excluding carboxylic acids is 1. The van der Waals surface area contributed by atoms with E-state index in [1.165, 1.54) is 16.9 Å². The first-order valence-electron chi connectivity index (χ1n) is 8.17. The fourth-order valence-corrected chi connectivity index (χ4v) is 3.72. The summed E-state index contributed by atoms with van der Waals surface area (Å²) in [7, 11) is 0. The van der Waals surface area contributed by atoms with Gasteiger partial charge < -0.3 is 15.1 Å². The Bertz CT molecular complexity index is 751. The second-order valence-corrected chi connectivity index (χ2v) is 7.23. The molecule has 2 N–H and O–H groups in total. The Kier molecular flexibility index (Phi) is 5.15. The summed E-state index contributed by atoms with van der Waals surface area (Å²) in [6.07, 6.45) is 1.07. The highest BCUT2D eigenvalue weighted by atomic mass is 32.1. The molecule has 3 rings (SSSR count). The van der Waals surface area contributed by atoms with Crippen molar-refractivity contribution in [2.75, 3.05) is 13.1 Å². The minimum atomic E-state index is -1.71. The van der Waals surface area contributed by atoms with Gasteiger partial charge in [-0.2, -0.15) is 0 Å². The summed E-state index contributed by atoms with van der Waals surface area (Å²) >= 11 is 1.54. The molecule has 2 aromatic rings.